The number of ether oxygens (including phenoxy) is 3. The van der Waals surface area contributed by atoms with Crippen LogP contribution in [0.4, 0.5) is 10.5 Å². The van der Waals surface area contributed by atoms with Gasteiger partial charge in [-0.15, -0.1) is 11.3 Å². The molecule has 0 fully saturated rings. The summed E-state index contributed by atoms with van der Waals surface area (Å²) in [6.45, 7) is 2.82. The van der Waals surface area contributed by atoms with Gasteiger partial charge in [-0.3, -0.25) is 0 Å². The number of urea groups is 1. The summed E-state index contributed by atoms with van der Waals surface area (Å²) in [5, 5.41) is 5.13. The number of hydrogen-bond acceptors (Lipinski definition) is 7. The second kappa shape index (κ2) is 9.77. The number of aromatic nitrogens is 1. The minimum absolute atomic E-state index is 0.242. The first-order valence-corrected chi connectivity index (χ1v) is 9.20. The smallest absolute Gasteiger partial charge is 0.357 e. The summed E-state index contributed by atoms with van der Waals surface area (Å²) < 4.78 is 15.1. The summed E-state index contributed by atoms with van der Waals surface area (Å²) in [5.74, 6) is 0.663. The quantitative estimate of drug-likeness (QED) is 0.692. The van der Waals surface area contributed by atoms with E-state index in [0.717, 1.165) is 6.42 Å². The van der Waals surface area contributed by atoms with Crippen molar-refractivity contribution in [3.63, 3.8) is 0 Å². The Bertz CT molecular complexity index is 771. The molecular formula is C18H23N3O5S. The van der Waals surface area contributed by atoms with Crippen LogP contribution >= 0.6 is 11.3 Å². The Morgan fingerprint density at radius 3 is 2.37 bits per heavy atom. The van der Waals surface area contributed by atoms with Gasteiger partial charge in [-0.05, 0) is 6.42 Å². The lowest BCUT2D eigenvalue weighted by Crippen LogP contribution is -2.35. The molecule has 0 saturated carbocycles. The van der Waals surface area contributed by atoms with Crippen molar-refractivity contribution >= 4 is 29.0 Å². The van der Waals surface area contributed by atoms with Crippen LogP contribution in [0.1, 0.15) is 28.8 Å². The molecule has 0 aliphatic rings. The zero-order chi connectivity index (χ0) is 19.8. The van der Waals surface area contributed by atoms with Crippen LogP contribution in [-0.4, -0.2) is 49.8 Å². The van der Waals surface area contributed by atoms with Crippen molar-refractivity contribution in [2.24, 2.45) is 0 Å². The largest absolute Gasteiger partial charge is 0.497 e. The lowest BCUT2D eigenvalue weighted by Gasteiger charge is -2.22. The van der Waals surface area contributed by atoms with E-state index >= 15 is 0 Å². The second-order valence-corrected chi connectivity index (χ2v) is 6.51. The lowest BCUT2D eigenvalue weighted by atomic mass is 10.2. The number of thiazole rings is 1. The maximum Gasteiger partial charge on any atom is 0.357 e. The molecule has 0 spiro atoms. The molecule has 9 heteroatoms. The number of nitrogens with zero attached hydrogens (tertiary/aromatic N) is 2. The first-order valence-electron chi connectivity index (χ1n) is 8.32. The highest BCUT2D eigenvalue weighted by atomic mass is 32.1. The van der Waals surface area contributed by atoms with Crippen LogP contribution in [0, 0.1) is 0 Å². The fraction of sp³-hybridized carbons (Fsp3) is 0.389. The first kappa shape index (κ1) is 20.5. The summed E-state index contributed by atoms with van der Waals surface area (Å²) in [6, 6.07) is 4.87. The molecule has 0 bridgehead atoms. The molecule has 0 unspecified atom stereocenters. The van der Waals surface area contributed by atoms with Crippen molar-refractivity contribution in [1.82, 2.24) is 9.88 Å². The molecule has 146 valence electrons. The Kier molecular flexibility index (Phi) is 7.42. The van der Waals surface area contributed by atoms with Crippen molar-refractivity contribution in [3.8, 4) is 11.5 Å². The highest BCUT2D eigenvalue weighted by Crippen LogP contribution is 2.26. The summed E-state index contributed by atoms with van der Waals surface area (Å²) in [5.41, 5.74) is 0.804. The van der Waals surface area contributed by atoms with Crippen LogP contribution in [0.2, 0.25) is 0 Å². The van der Waals surface area contributed by atoms with Crippen molar-refractivity contribution in [2.45, 2.75) is 19.9 Å². The maximum absolute atomic E-state index is 12.7. The second-order valence-electron chi connectivity index (χ2n) is 5.57. The third-order valence-electron chi connectivity index (χ3n) is 3.66. The SMILES string of the molecule is CCCN(Cc1nc(C(=O)OC)cs1)C(=O)Nc1cc(OC)cc(OC)c1. The van der Waals surface area contributed by atoms with Gasteiger partial charge in [0.1, 0.15) is 16.5 Å². The van der Waals surface area contributed by atoms with E-state index in [9.17, 15) is 9.59 Å². The van der Waals surface area contributed by atoms with Gasteiger partial charge in [0.2, 0.25) is 0 Å². The molecule has 1 aromatic carbocycles. The Hall–Kier alpha value is -2.81. The molecule has 0 aliphatic carbocycles. The zero-order valence-electron chi connectivity index (χ0n) is 15.8. The summed E-state index contributed by atoms with van der Waals surface area (Å²) >= 11 is 1.31. The summed E-state index contributed by atoms with van der Waals surface area (Å²) in [4.78, 5) is 30.1. The fourth-order valence-corrected chi connectivity index (χ4v) is 3.13. The Labute approximate surface area is 162 Å². The topological polar surface area (TPSA) is 90.0 Å². The Balaban J connectivity index is 2.12. The van der Waals surface area contributed by atoms with Gasteiger partial charge in [-0.25, -0.2) is 14.6 Å². The van der Waals surface area contributed by atoms with Crippen molar-refractivity contribution in [2.75, 3.05) is 33.2 Å². The third-order valence-corrected chi connectivity index (χ3v) is 4.49. The molecule has 1 aromatic heterocycles. The molecule has 2 amide bonds. The van der Waals surface area contributed by atoms with Crippen LogP contribution in [0.25, 0.3) is 0 Å². The zero-order valence-corrected chi connectivity index (χ0v) is 16.6. The molecule has 1 N–H and O–H groups in total. The number of carbonyl (C=O) groups is 2. The Morgan fingerprint density at radius 2 is 1.81 bits per heavy atom. The number of rotatable bonds is 8. The number of nitrogens with one attached hydrogen (secondary N) is 1. The molecular weight excluding hydrogens is 370 g/mol. The number of methoxy groups -OCH3 is 3. The average molecular weight is 393 g/mol. The van der Waals surface area contributed by atoms with E-state index in [2.05, 4.69) is 15.0 Å². The van der Waals surface area contributed by atoms with E-state index in [4.69, 9.17) is 9.47 Å². The van der Waals surface area contributed by atoms with Crippen LogP contribution in [0.5, 0.6) is 11.5 Å². The predicted molar refractivity (Wildman–Crippen MR) is 103 cm³/mol. The number of amides is 2. The van der Waals surface area contributed by atoms with Crippen LogP contribution < -0.4 is 14.8 Å². The number of esters is 1. The van der Waals surface area contributed by atoms with E-state index in [1.807, 2.05) is 6.92 Å². The molecule has 8 nitrogen and oxygen atoms in total. The molecule has 2 rings (SSSR count). The number of benzene rings is 1. The van der Waals surface area contributed by atoms with E-state index in [-0.39, 0.29) is 11.7 Å². The highest BCUT2D eigenvalue weighted by Gasteiger charge is 2.18. The summed E-state index contributed by atoms with van der Waals surface area (Å²) in [7, 11) is 4.40. The van der Waals surface area contributed by atoms with Crippen LogP contribution in [0.15, 0.2) is 23.6 Å². The molecule has 0 aliphatic heterocycles. The van der Waals surface area contributed by atoms with Gasteiger partial charge in [0.05, 0.1) is 27.9 Å². The van der Waals surface area contributed by atoms with Gasteiger partial charge in [0.15, 0.2) is 5.69 Å². The monoisotopic (exact) mass is 393 g/mol. The molecule has 1 heterocycles. The third kappa shape index (κ3) is 5.58. The first-order chi connectivity index (χ1) is 13.0. The molecule has 0 saturated heterocycles. The van der Waals surface area contributed by atoms with Crippen LogP contribution in [0.3, 0.4) is 0 Å². The highest BCUT2D eigenvalue weighted by molar-refractivity contribution is 7.09. The maximum atomic E-state index is 12.7. The molecule has 0 atom stereocenters. The van der Waals surface area contributed by atoms with Gasteiger partial charge in [-0.1, -0.05) is 6.92 Å². The number of carbonyl (C=O) groups excluding carboxylic acids is 2. The normalized spacial score (nSPS) is 10.2. The standard InChI is InChI=1S/C18H23N3O5S/c1-5-6-21(10-16-20-15(11-27-16)17(22)26-4)18(23)19-12-7-13(24-2)9-14(8-12)25-3/h7-9,11H,5-6,10H2,1-4H3,(H,19,23). The van der Waals surface area contributed by atoms with Gasteiger partial charge >= 0.3 is 12.0 Å². The van der Waals surface area contributed by atoms with Gasteiger partial charge in [0, 0.05) is 35.8 Å². The van der Waals surface area contributed by atoms with Crippen molar-refractivity contribution < 1.29 is 23.8 Å². The van der Waals surface area contributed by atoms with Crippen molar-refractivity contribution in [3.05, 3.63) is 34.3 Å². The minimum atomic E-state index is -0.493. The average Bonchev–Trinajstić information content (AvgIpc) is 3.15. The lowest BCUT2D eigenvalue weighted by molar-refractivity contribution is 0.0594. The minimum Gasteiger partial charge on any atom is -0.497 e. The Morgan fingerprint density at radius 1 is 1.15 bits per heavy atom. The van der Waals surface area contributed by atoms with Gasteiger partial charge < -0.3 is 24.4 Å². The van der Waals surface area contributed by atoms with E-state index < -0.39 is 5.97 Å². The summed E-state index contributed by atoms with van der Waals surface area (Å²) in [6.07, 6.45) is 0.782. The van der Waals surface area contributed by atoms with E-state index in [1.165, 1.54) is 18.4 Å². The van der Waals surface area contributed by atoms with Gasteiger partial charge in [0.25, 0.3) is 0 Å². The number of hydrogen-bond donors (Lipinski definition) is 1. The van der Waals surface area contributed by atoms with Crippen molar-refractivity contribution in [1.29, 1.82) is 0 Å². The van der Waals surface area contributed by atoms with Gasteiger partial charge in [-0.2, -0.15) is 0 Å². The molecule has 0 radical (unpaired) electrons. The van der Waals surface area contributed by atoms with E-state index in [1.54, 1.807) is 42.7 Å². The molecule has 2 aromatic rings. The number of anilines is 1. The molecule has 27 heavy (non-hydrogen) atoms. The van der Waals surface area contributed by atoms with Crippen LogP contribution in [-0.2, 0) is 11.3 Å². The van der Waals surface area contributed by atoms with E-state index in [0.29, 0.717) is 35.3 Å². The fourth-order valence-electron chi connectivity index (χ4n) is 2.35. The predicted octanol–water partition coefficient (Wildman–Crippen LogP) is 3.39.